The molecular weight excluding hydrogens is 416 g/mol. The minimum atomic E-state index is 0.594. The molecule has 0 aromatic heterocycles. The molecule has 192 valence electrons. The average Bonchev–Trinajstić information content (AvgIpc) is 2.84. The van der Waals surface area contributed by atoms with Crippen molar-refractivity contribution in [3.05, 3.63) is 29.8 Å². The van der Waals surface area contributed by atoms with Crippen molar-refractivity contribution in [1.82, 2.24) is 0 Å². The van der Waals surface area contributed by atoms with Crippen LogP contribution >= 0.6 is 0 Å². The van der Waals surface area contributed by atoms with Gasteiger partial charge in [-0.3, -0.25) is 0 Å². The highest BCUT2D eigenvalue weighted by Crippen LogP contribution is 2.15. The van der Waals surface area contributed by atoms with Gasteiger partial charge in [0.15, 0.2) is 0 Å². The Morgan fingerprint density at radius 3 is 1.82 bits per heavy atom. The summed E-state index contributed by atoms with van der Waals surface area (Å²) in [6, 6.07) is 8.60. The van der Waals surface area contributed by atoms with Crippen LogP contribution in [0.25, 0.3) is 0 Å². The number of rotatable bonds is 22. The molecule has 33 heavy (non-hydrogen) atoms. The lowest BCUT2D eigenvalue weighted by Gasteiger charge is -2.36. The first-order valence-corrected chi connectivity index (χ1v) is 13.1. The number of likely N-dealkylation sites (N-methyl/N-ethyl adjacent to an activating group) is 2. The van der Waals surface area contributed by atoms with Gasteiger partial charge in [0.25, 0.3) is 0 Å². The fraction of sp³-hybridized carbons (Fsp3) is 0.778. The first kappa shape index (κ1) is 29.9. The number of unbranched alkanes of at least 4 members (excludes halogenated alkanes) is 1. The molecule has 0 aliphatic carbocycles. The zero-order valence-corrected chi connectivity index (χ0v) is 22.2. The Morgan fingerprint density at radius 1 is 0.727 bits per heavy atom. The molecule has 0 N–H and O–H groups in total. The minimum absolute atomic E-state index is 0.594. The van der Waals surface area contributed by atoms with Gasteiger partial charge < -0.3 is 28.3 Å². The fourth-order valence-electron chi connectivity index (χ4n) is 3.95. The standard InChI is InChI=1S/C27H51N2O4/c1-6-10-15-29(8-3,9-4)16-18-31-20-22-33-24-23-32-21-19-30-17-14-28(7-2)27-13-11-12-26(5)25-27/h11-13,25H,6-10,14-24H2,1-5H3/q+1. The molecule has 0 amide bonds. The average molecular weight is 468 g/mol. The third-order valence-electron chi connectivity index (χ3n) is 6.41. The lowest BCUT2D eigenvalue weighted by Crippen LogP contribution is -2.50. The van der Waals surface area contributed by atoms with Gasteiger partial charge in [-0.25, -0.2) is 0 Å². The normalized spacial score (nSPS) is 11.8. The molecule has 1 aromatic rings. The zero-order chi connectivity index (χ0) is 24.2. The predicted octanol–water partition coefficient (Wildman–Crippen LogP) is 4.54. The van der Waals surface area contributed by atoms with Crippen molar-refractivity contribution in [2.24, 2.45) is 0 Å². The number of anilines is 1. The molecule has 0 heterocycles. The first-order chi connectivity index (χ1) is 16.1. The van der Waals surface area contributed by atoms with Crippen LogP contribution in [-0.4, -0.2) is 96.6 Å². The summed E-state index contributed by atoms with van der Waals surface area (Å²) in [6.45, 7) is 22.9. The Kier molecular flexibility index (Phi) is 17.3. The molecule has 0 bridgehead atoms. The second kappa shape index (κ2) is 19.2. The van der Waals surface area contributed by atoms with E-state index in [4.69, 9.17) is 18.9 Å². The largest absolute Gasteiger partial charge is 0.377 e. The van der Waals surface area contributed by atoms with Crippen molar-refractivity contribution >= 4 is 5.69 Å². The zero-order valence-electron chi connectivity index (χ0n) is 22.2. The lowest BCUT2D eigenvalue weighted by molar-refractivity contribution is -0.925. The van der Waals surface area contributed by atoms with Gasteiger partial charge in [0.1, 0.15) is 6.54 Å². The van der Waals surface area contributed by atoms with Crippen LogP contribution in [0.5, 0.6) is 0 Å². The highest BCUT2D eigenvalue weighted by Gasteiger charge is 2.21. The van der Waals surface area contributed by atoms with E-state index in [1.165, 1.54) is 43.7 Å². The van der Waals surface area contributed by atoms with E-state index in [2.05, 4.69) is 63.8 Å². The highest BCUT2D eigenvalue weighted by atomic mass is 16.6. The molecule has 0 unspecified atom stereocenters. The molecule has 6 heteroatoms. The second-order valence-corrected chi connectivity index (χ2v) is 8.64. The number of quaternary nitrogens is 1. The van der Waals surface area contributed by atoms with Crippen molar-refractivity contribution in [2.45, 2.75) is 47.5 Å². The minimum Gasteiger partial charge on any atom is -0.377 e. The number of aryl methyl sites for hydroxylation is 1. The number of hydrogen-bond acceptors (Lipinski definition) is 5. The molecular formula is C27H51N2O4+. The van der Waals surface area contributed by atoms with Crippen molar-refractivity contribution in [3.8, 4) is 0 Å². The van der Waals surface area contributed by atoms with Crippen molar-refractivity contribution < 1.29 is 23.4 Å². The van der Waals surface area contributed by atoms with E-state index in [0.717, 1.165) is 30.7 Å². The number of nitrogens with zero attached hydrogens (tertiary/aromatic N) is 2. The monoisotopic (exact) mass is 467 g/mol. The van der Waals surface area contributed by atoms with Crippen LogP contribution in [0.1, 0.15) is 46.1 Å². The van der Waals surface area contributed by atoms with E-state index in [9.17, 15) is 0 Å². The quantitative estimate of drug-likeness (QED) is 0.185. The summed E-state index contributed by atoms with van der Waals surface area (Å²) < 4.78 is 23.9. The molecule has 0 radical (unpaired) electrons. The molecule has 0 saturated carbocycles. The molecule has 0 atom stereocenters. The van der Waals surface area contributed by atoms with Crippen LogP contribution in [0.3, 0.4) is 0 Å². The number of hydrogen-bond donors (Lipinski definition) is 0. The predicted molar refractivity (Wildman–Crippen MR) is 138 cm³/mol. The highest BCUT2D eigenvalue weighted by molar-refractivity contribution is 5.48. The van der Waals surface area contributed by atoms with E-state index in [0.29, 0.717) is 46.2 Å². The van der Waals surface area contributed by atoms with Gasteiger partial charge in [-0.05, 0) is 51.8 Å². The SMILES string of the molecule is CCCC[N+](CC)(CC)CCOCCOCCOCCOCCN(CC)c1cccc(C)c1. The Balaban J connectivity index is 1.95. The second-order valence-electron chi connectivity index (χ2n) is 8.64. The van der Waals surface area contributed by atoms with Gasteiger partial charge in [0.05, 0.1) is 72.5 Å². The van der Waals surface area contributed by atoms with Crippen LogP contribution in [0, 0.1) is 6.92 Å². The maximum atomic E-state index is 5.81. The van der Waals surface area contributed by atoms with Gasteiger partial charge >= 0.3 is 0 Å². The van der Waals surface area contributed by atoms with Gasteiger partial charge in [-0.15, -0.1) is 0 Å². The van der Waals surface area contributed by atoms with Crippen LogP contribution in [-0.2, 0) is 18.9 Å². The van der Waals surface area contributed by atoms with Gasteiger partial charge in [0.2, 0.25) is 0 Å². The van der Waals surface area contributed by atoms with Crippen molar-refractivity contribution in [1.29, 1.82) is 0 Å². The summed E-state index contributed by atoms with van der Waals surface area (Å²) in [5, 5.41) is 0. The van der Waals surface area contributed by atoms with E-state index in [-0.39, 0.29) is 0 Å². The van der Waals surface area contributed by atoms with Crippen LogP contribution in [0.15, 0.2) is 24.3 Å². The summed E-state index contributed by atoms with van der Waals surface area (Å²) >= 11 is 0. The van der Waals surface area contributed by atoms with Gasteiger partial charge in [0, 0.05) is 18.8 Å². The van der Waals surface area contributed by atoms with Crippen molar-refractivity contribution in [3.63, 3.8) is 0 Å². The van der Waals surface area contributed by atoms with Crippen LogP contribution in [0.2, 0.25) is 0 Å². The third-order valence-corrected chi connectivity index (χ3v) is 6.41. The first-order valence-electron chi connectivity index (χ1n) is 13.1. The maximum absolute atomic E-state index is 5.81. The Hall–Kier alpha value is -1.18. The molecule has 1 rings (SSSR count). The topological polar surface area (TPSA) is 40.2 Å². The van der Waals surface area contributed by atoms with E-state index in [1.54, 1.807) is 0 Å². The third kappa shape index (κ3) is 13.3. The smallest absolute Gasteiger partial charge is 0.102 e. The molecule has 1 aromatic carbocycles. The molecule has 0 spiro atoms. The fourth-order valence-corrected chi connectivity index (χ4v) is 3.95. The van der Waals surface area contributed by atoms with Gasteiger partial charge in [-0.1, -0.05) is 25.5 Å². The lowest BCUT2D eigenvalue weighted by atomic mass is 10.2. The summed E-state index contributed by atoms with van der Waals surface area (Å²) in [5.74, 6) is 0. The van der Waals surface area contributed by atoms with E-state index in [1.807, 2.05) is 0 Å². The summed E-state index contributed by atoms with van der Waals surface area (Å²) in [5.41, 5.74) is 2.54. The number of ether oxygens (including phenoxy) is 4. The molecule has 6 nitrogen and oxygen atoms in total. The molecule has 0 saturated heterocycles. The van der Waals surface area contributed by atoms with Crippen LogP contribution < -0.4 is 4.90 Å². The molecule has 0 aliphatic heterocycles. The Labute approximate surface area is 203 Å². The van der Waals surface area contributed by atoms with Crippen LogP contribution in [0.4, 0.5) is 5.69 Å². The summed E-state index contributed by atoms with van der Waals surface area (Å²) in [7, 11) is 0. The number of benzene rings is 1. The van der Waals surface area contributed by atoms with E-state index >= 15 is 0 Å². The van der Waals surface area contributed by atoms with E-state index < -0.39 is 0 Å². The Bertz CT molecular complexity index is 581. The summed E-state index contributed by atoms with van der Waals surface area (Å²) in [4.78, 5) is 2.33. The summed E-state index contributed by atoms with van der Waals surface area (Å²) in [6.07, 6.45) is 2.55. The van der Waals surface area contributed by atoms with Gasteiger partial charge in [-0.2, -0.15) is 0 Å². The maximum Gasteiger partial charge on any atom is 0.102 e. The Morgan fingerprint density at radius 2 is 1.30 bits per heavy atom. The molecule has 0 fully saturated rings. The molecule has 0 aliphatic rings. The van der Waals surface area contributed by atoms with Crippen molar-refractivity contribution in [2.75, 3.05) is 97.0 Å².